The number of amides is 1. The van der Waals surface area contributed by atoms with E-state index in [0.29, 0.717) is 23.5 Å². The highest BCUT2D eigenvalue weighted by molar-refractivity contribution is 7.92. The van der Waals surface area contributed by atoms with Crippen molar-refractivity contribution in [3.05, 3.63) is 106 Å². The Balaban J connectivity index is 1.41. The molecule has 4 aromatic rings. The molecule has 0 atom stereocenters. The minimum atomic E-state index is -4.06. The van der Waals surface area contributed by atoms with Gasteiger partial charge in [0, 0.05) is 24.8 Å². The fraction of sp³-hybridized carbons (Fsp3) is 0.154. The summed E-state index contributed by atoms with van der Waals surface area (Å²) in [6, 6.07) is 22.5. The molecule has 0 unspecified atom stereocenters. The van der Waals surface area contributed by atoms with E-state index in [4.69, 9.17) is 0 Å². The molecule has 0 spiro atoms. The quantitative estimate of drug-likeness (QED) is 0.465. The van der Waals surface area contributed by atoms with E-state index >= 15 is 0 Å². The molecule has 1 aliphatic rings. The number of hydrogen-bond acceptors (Lipinski definition) is 4. The summed E-state index contributed by atoms with van der Waals surface area (Å²) >= 11 is 0. The maximum atomic E-state index is 13.1. The zero-order valence-electron chi connectivity index (χ0n) is 19.3. The van der Waals surface area contributed by atoms with Gasteiger partial charge in [-0.3, -0.25) is 19.0 Å². The standard InChI is InChI=1S/C26H24N4O4S/c1-18-24(26(32)30(28(18)2)21-9-4-3-5-10-21)27-35(33,34)22-14-12-20(13-15-22)25(31)29-17-16-19-8-6-7-11-23(19)29/h3-15,27H,16-17H2,1-2H3. The van der Waals surface area contributed by atoms with Gasteiger partial charge < -0.3 is 4.90 Å². The Bertz CT molecular complexity index is 1590. The maximum Gasteiger partial charge on any atom is 0.296 e. The summed E-state index contributed by atoms with van der Waals surface area (Å²) in [5, 5.41) is 0. The number of hydrogen-bond donors (Lipinski definition) is 1. The monoisotopic (exact) mass is 488 g/mol. The number of anilines is 2. The molecule has 0 fully saturated rings. The van der Waals surface area contributed by atoms with Crippen LogP contribution in [0.1, 0.15) is 21.6 Å². The molecule has 1 amide bonds. The normalized spacial score (nSPS) is 13.0. The summed E-state index contributed by atoms with van der Waals surface area (Å²) < 4.78 is 31.7. The molecule has 8 nitrogen and oxygen atoms in total. The molecule has 0 radical (unpaired) electrons. The minimum Gasteiger partial charge on any atom is -0.308 e. The molecule has 0 bridgehead atoms. The Hall–Kier alpha value is -4.11. The molecule has 0 saturated carbocycles. The topological polar surface area (TPSA) is 93.4 Å². The number of fused-ring (bicyclic) bond motifs is 1. The van der Waals surface area contributed by atoms with Crippen molar-refractivity contribution in [3.63, 3.8) is 0 Å². The fourth-order valence-electron chi connectivity index (χ4n) is 4.36. The van der Waals surface area contributed by atoms with Crippen molar-refractivity contribution in [3.8, 4) is 5.69 Å². The first-order chi connectivity index (χ1) is 16.8. The van der Waals surface area contributed by atoms with Crippen LogP contribution in [0.2, 0.25) is 0 Å². The summed E-state index contributed by atoms with van der Waals surface area (Å²) in [5.74, 6) is -0.184. The van der Waals surface area contributed by atoms with Gasteiger partial charge in [-0.2, -0.15) is 0 Å². The number of nitrogens with zero attached hydrogens (tertiary/aromatic N) is 3. The van der Waals surface area contributed by atoms with Crippen LogP contribution < -0.4 is 15.2 Å². The van der Waals surface area contributed by atoms with Crippen LogP contribution in [0.4, 0.5) is 11.4 Å². The van der Waals surface area contributed by atoms with Gasteiger partial charge >= 0.3 is 0 Å². The first-order valence-electron chi connectivity index (χ1n) is 11.1. The smallest absolute Gasteiger partial charge is 0.296 e. The van der Waals surface area contributed by atoms with Gasteiger partial charge in [0.15, 0.2) is 0 Å². The highest BCUT2D eigenvalue weighted by Gasteiger charge is 2.26. The lowest BCUT2D eigenvalue weighted by Gasteiger charge is -2.17. The summed E-state index contributed by atoms with van der Waals surface area (Å²) in [6.45, 7) is 2.26. The summed E-state index contributed by atoms with van der Waals surface area (Å²) in [4.78, 5) is 27.8. The van der Waals surface area contributed by atoms with Crippen LogP contribution in [0.3, 0.4) is 0 Å². The van der Waals surface area contributed by atoms with E-state index in [1.54, 1.807) is 47.8 Å². The number of carbonyl (C=O) groups is 1. The highest BCUT2D eigenvalue weighted by Crippen LogP contribution is 2.29. The van der Waals surface area contributed by atoms with Gasteiger partial charge in [0.2, 0.25) is 0 Å². The number of benzene rings is 3. The lowest BCUT2D eigenvalue weighted by Crippen LogP contribution is -2.28. The van der Waals surface area contributed by atoms with Crippen LogP contribution in [0.5, 0.6) is 0 Å². The zero-order valence-corrected chi connectivity index (χ0v) is 20.1. The molecule has 1 aliphatic heterocycles. The summed E-state index contributed by atoms with van der Waals surface area (Å²) in [5.41, 5.74) is 2.99. The van der Waals surface area contributed by atoms with Crippen LogP contribution in [0.25, 0.3) is 5.69 Å². The fourth-order valence-corrected chi connectivity index (χ4v) is 5.48. The predicted octanol–water partition coefficient (Wildman–Crippen LogP) is 3.49. The largest absolute Gasteiger partial charge is 0.308 e. The average Bonchev–Trinajstić information content (AvgIpc) is 3.39. The second-order valence-corrected chi connectivity index (χ2v) is 10.1. The van der Waals surface area contributed by atoms with Crippen LogP contribution >= 0.6 is 0 Å². The molecular weight excluding hydrogens is 464 g/mol. The van der Waals surface area contributed by atoms with E-state index in [2.05, 4.69) is 4.72 Å². The van der Waals surface area contributed by atoms with E-state index in [1.807, 2.05) is 30.3 Å². The number of para-hydroxylation sites is 2. The maximum absolute atomic E-state index is 13.1. The first kappa shape index (κ1) is 22.7. The SMILES string of the molecule is Cc1c(NS(=O)(=O)c2ccc(C(=O)N3CCc4ccccc43)cc2)c(=O)n(-c2ccccc2)n1C. The van der Waals surface area contributed by atoms with Crippen LogP contribution in [-0.4, -0.2) is 30.2 Å². The summed E-state index contributed by atoms with van der Waals surface area (Å²) in [7, 11) is -2.36. The molecule has 5 rings (SSSR count). The lowest BCUT2D eigenvalue weighted by atomic mass is 10.1. The Labute approximate surface area is 203 Å². The highest BCUT2D eigenvalue weighted by atomic mass is 32.2. The summed E-state index contributed by atoms with van der Waals surface area (Å²) in [6.07, 6.45) is 0.787. The molecule has 2 heterocycles. The third-order valence-electron chi connectivity index (χ3n) is 6.33. The van der Waals surface area contributed by atoms with Crippen molar-refractivity contribution in [1.82, 2.24) is 9.36 Å². The second-order valence-electron chi connectivity index (χ2n) is 8.40. The molecule has 1 aromatic heterocycles. The van der Waals surface area contributed by atoms with Crippen molar-refractivity contribution < 1.29 is 13.2 Å². The molecular formula is C26H24N4O4S. The van der Waals surface area contributed by atoms with Crippen LogP contribution in [0, 0.1) is 6.92 Å². The zero-order chi connectivity index (χ0) is 24.7. The van der Waals surface area contributed by atoms with Crippen LogP contribution in [0.15, 0.2) is 88.6 Å². The van der Waals surface area contributed by atoms with Gasteiger partial charge in [0.25, 0.3) is 21.5 Å². The average molecular weight is 489 g/mol. The van der Waals surface area contributed by atoms with E-state index < -0.39 is 15.6 Å². The third-order valence-corrected chi connectivity index (χ3v) is 7.70. The predicted molar refractivity (Wildman–Crippen MR) is 135 cm³/mol. The Morgan fingerprint density at radius 2 is 1.57 bits per heavy atom. The van der Waals surface area contributed by atoms with Gasteiger partial charge in [0.1, 0.15) is 5.69 Å². The van der Waals surface area contributed by atoms with E-state index in [1.165, 1.54) is 28.9 Å². The first-order valence-corrected chi connectivity index (χ1v) is 12.6. The van der Waals surface area contributed by atoms with Gasteiger partial charge in [-0.05, 0) is 61.4 Å². The van der Waals surface area contributed by atoms with Gasteiger partial charge in [-0.1, -0.05) is 36.4 Å². The van der Waals surface area contributed by atoms with E-state index in [9.17, 15) is 18.0 Å². The Kier molecular flexibility index (Phi) is 5.56. The molecule has 0 saturated heterocycles. The van der Waals surface area contributed by atoms with Gasteiger partial charge in [-0.25, -0.2) is 13.1 Å². The van der Waals surface area contributed by atoms with Gasteiger partial charge in [0.05, 0.1) is 16.3 Å². The third kappa shape index (κ3) is 3.93. The number of nitrogens with one attached hydrogen (secondary N) is 1. The molecule has 0 aliphatic carbocycles. The Morgan fingerprint density at radius 1 is 0.914 bits per heavy atom. The van der Waals surface area contributed by atoms with Crippen molar-refractivity contribution >= 4 is 27.3 Å². The van der Waals surface area contributed by atoms with Crippen molar-refractivity contribution in [2.75, 3.05) is 16.2 Å². The van der Waals surface area contributed by atoms with Crippen molar-refractivity contribution in [1.29, 1.82) is 0 Å². The second kappa shape index (κ2) is 8.59. The number of aromatic nitrogens is 2. The van der Waals surface area contributed by atoms with Crippen molar-refractivity contribution in [2.45, 2.75) is 18.2 Å². The number of rotatable bonds is 5. The number of sulfonamides is 1. The lowest BCUT2D eigenvalue weighted by molar-refractivity contribution is 0.0989. The molecule has 9 heteroatoms. The molecule has 3 aromatic carbocycles. The van der Waals surface area contributed by atoms with Gasteiger partial charge in [-0.15, -0.1) is 0 Å². The van der Waals surface area contributed by atoms with Crippen LogP contribution in [-0.2, 0) is 23.5 Å². The molecule has 35 heavy (non-hydrogen) atoms. The molecule has 178 valence electrons. The van der Waals surface area contributed by atoms with E-state index in [-0.39, 0.29) is 16.5 Å². The number of carbonyl (C=O) groups excluding carboxylic acids is 1. The molecule has 1 N–H and O–H groups in total. The van der Waals surface area contributed by atoms with E-state index in [0.717, 1.165) is 17.7 Å². The van der Waals surface area contributed by atoms with Crippen molar-refractivity contribution in [2.24, 2.45) is 7.05 Å². The Morgan fingerprint density at radius 3 is 2.29 bits per heavy atom. The minimum absolute atomic E-state index is 0.0230.